The highest BCUT2D eigenvalue weighted by molar-refractivity contribution is 5.84. The summed E-state index contributed by atoms with van der Waals surface area (Å²) >= 11 is 0. The van der Waals surface area contributed by atoms with Crippen molar-refractivity contribution in [1.82, 2.24) is 9.55 Å². The number of ether oxygens (including phenoxy) is 4. The molecule has 1 fully saturated rings. The van der Waals surface area contributed by atoms with Gasteiger partial charge >= 0.3 is 17.9 Å². The fourth-order valence-electron chi connectivity index (χ4n) is 7.80. The molecule has 0 spiro atoms. The summed E-state index contributed by atoms with van der Waals surface area (Å²) in [6.07, 6.45) is -4.30. The molecule has 1 amide bonds. The molecule has 12 heteroatoms. The average molecular weight is 716 g/mol. The van der Waals surface area contributed by atoms with Crippen LogP contribution >= 0.6 is 0 Å². The smallest absolute Gasteiger partial charge is 0.448 e. The summed E-state index contributed by atoms with van der Waals surface area (Å²) in [7, 11) is 0. The minimum Gasteiger partial charge on any atom is -0.448 e. The van der Waals surface area contributed by atoms with Crippen molar-refractivity contribution >= 4 is 18.1 Å². The van der Waals surface area contributed by atoms with Gasteiger partial charge < -0.3 is 29.2 Å². The number of carbonyl (C=O) groups is 2. The van der Waals surface area contributed by atoms with E-state index in [4.69, 9.17) is 18.9 Å². The minimum absolute atomic E-state index is 0.0111. The lowest BCUT2D eigenvalue weighted by Crippen LogP contribution is -2.55. The number of aromatic nitrogens is 2. The van der Waals surface area contributed by atoms with Gasteiger partial charge in [-0.25, -0.2) is 14.4 Å². The van der Waals surface area contributed by atoms with E-state index in [9.17, 15) is 24.6 Å². The Hall–Kier alpha value is -5.82. The summed E-state index contributed by atoms with van der Waals surface area (Å²) in [5, 5.41) is 23.5. The number of nitrogens with zero attached hydrogens (tertiary/aromatic N) is 2. The fraction of sp³-hybridized carbons (Fsp3) is 0.268. The molecule has 3 N–H and O–H groups in total. The van der Waals surface area contributed by atoms with Gasteiger partial charge in [0.15, 0.2) is 6.10 Å². The SMILES string of the molecule is Cc1cn([C@@H]2CO[C@H](CO)[C@@H](O)[C@H]2OC(=O)OCC2c3ccccc3-c3ccccc32)c(=O)nc1NC(=O)OCC1c2ccccc2-c2ccccc21. The first-order chi connectivity index (χ1) is 25.8. The zero-order valence-electron chi connectivity index (χ0n) is 28.8. The van der Waals surface area contributed by atoms with Gasteiger partial charge in [-0.3, -0.25) is 9.88 Å². The van der Waals surface area contributed by atoms with Crippen molar-refractivity contribution in [2.75, 3.05) is 31.7 Å². The summed E-state index contributed by atoms with van der Waals surface area (Å²) in [5.74, 6) is -0.381. The van der Waals surface area contributed by atoms with Crippen molar-refractivity contribution in [2.45, 2.75) is 43.1 Å². The molecule has 0 saturated carbocycles. The Labute approximate surface area is 304 Å². The second kappa shape index (κ2) is 14.3. The quantitative estimate of drug-likeness (QED) is 0.174. The van der Waals surface area contributed by atoms with Gasteiger partial charge in [-0.05, 0) is 51.4 Å². The topological polar surface area (TPSA) is 158 Å². The van der Waals surface area contributed by atoms with E-state index in [1.165, 1.54) is 10.8 Å². The van der Waals surface area contributed by atoms with Crippen molar-refractivity contribution in [1.29, 1.82) is 0 Å². The standard InChI is InChI=1S/C41H37N3O9/c1-23-18-44(39(47)42-38(23)43-40(48)51-20-32-28-14-6-2-10-24(28)25-11-3-7-15-29(25)32)34-22-50-35(19-45)36(46)37(34)53-41(49)52-21-33-30-16-8-4-12-26(30)27-13-5-9-17-31(27)33/h2-18,32-37,45-46H,19-22H2,1H3,(H,42,43,47,48)/t34-,35-,36-,37+/m1/s1. The summed E-state index contributed by atoms with van der Waals surface area (Å²) in [4.78, 5) is 43.7. The molecule has 0 unspecified atom stereocenters. The molecule has 1 saturated heterocycles. The van der Waals surface area contributed by atoms with Crippen LogP contribution in [0.5, 0.6) is 0 Å². The van der Waals surface area contributed by atoms with Crippen LogP contribution in [0.15, 0.2) is 108 Å². The van der Waals surface area contributed by atoms with Gasteiger partial charge in [0.05, 0.1) is 13.2 Å². The molecule has 2 aliphatic carbocycles. The number of anilines is 1. The van der Waals surface area contributed by atoms with Gasteiger partial charge in [0, 0.05) is 23.6 Å². The van der Waals surface area contributed by atoms with Crippen LogP contribution in [0.4, 0.5) is 15.4 Å². The van der Waals surface area contributed by atoms with Gasteiger partial charge in [0.1, 0.15) is 37.3 Å². The normalized spacial score (nSPS) is 20.1. The molecule has 8 rings (SSSR count). The molecule has 4 atom stereocenters. The zero-order valence-corrected chi connectivity index (χ0v) is 28.8. The Morgan fingerprint density at radius 2 is 1.30 bits per heavy atom. The molecule has 270 valence electrons. The van der Waals surface area contributed by atoms with E-state index in [2.05, 4.69) is 10.3 Å². The van der Waals surface area contributed by atoms with Crippen LogP contribution in [0, 0.1) is 6.92 Å². The number of carbonyl (C=O) groups excluding carboxylic acids is 2. The lowest BCUT2D eigenvalue weighted by Gasteiger charge is -2.39. The maximum Gasteiger partial charge on any atom is 0.508 e. The molecule has 2 heterocycles. The van der Waals surface area contributed by atoms with Crippen LogP contribution < -0.4 is 11.0 Å². The maximum atomic E-state index is 13.4. The summed E-state index contributed by atoms with van der Waals surface area (Å²) in [6.45, 7) is 0.961. The van der Waals surface area contributed by atoms with E-state index in [0.717, 1.165) is 44.5 Å². The molecule has 1 aliphatic heterocycles. The number of fused-ring (bicyclic) bond motifs is 6. The first-order valence-electron chi connectivity index (χ1n) is 17.5. The Morgan fingerprint density at radius 3 is 1.81 bits per heavy atom. The first kappa shape index (κ1) is 34.3. The zero-order chi connectivity index (χ0) is 36.6. The van der Waals surface area contributed by atoms with Gasteiger partial charge in [-0.1, -0.05) is 97.1 Å². The third kappa shape index (κ3) is 6.35. The van der Waals surface area contributed by atoms with Crippen LogP contribution in [0.1, 0.15) is 45.7 Å². The van der Waals surface area contributed by atoms with Gasteiger partial charge in [0.2, 0.25) is 0 Å². The van der Waals surface area contributed by atoms with E-state index in [1.807, 2.05) is 97.1 Å². The number of aryl methyl sites for hydroxylation is 1. The monoisotopic (exact) mass is 715 g/mol. The van der Waals surface area contributed by atoms with Crippen molar-refractivity contribution in [2.24, 2.45) is 0 Å². The molecule has 0 bridgehead atoms. The van der Waals surface area contributed by atoms with Gasteiger partial charge in [0.25, 0.3) is 0 Å². The molecular weight excluding hydrogens is 678 g/mol. The van der Waals surface area contributed by atoms with E-state index in [0.29, 0.717) is 5.56 Å². The van der Waals surface area contributed by atoms with Crippen LogP contribution in [0.2, 0.25) is 0 Å². The number of aliphatic hydroxyl groups excluding tert-OH is 2. The lowest BCUT2D eigenvalue weighted by atomic mass is 9.97. The summed E-state index contributed by atoms with van der Waals surface area (Å²) in [6, 6.07) is 30.8. The largest absolute Gasteiger partial charge is 0.508 e. The van der Waals surface area contributed by atoms with Crippen molar-refractivity contribution in [3.63, 3.8) is 0 Å². The van der Waals surface area contributed by atoms with E-state index in [1.54, 1.807) is 6.92 Å². The van der Waals surface area contributed by atoms with E-state index in [-0.39, 0.29) is 37.5 Å². The molecule has 0 radical (unpaired) electrons. The van der Waals surface area contributed by atoms with Crippen LogP contribution in [-0.2, 0) is 18.9 Å². The Kier molecular flexibility index (Phi) is 9.25. The second-order valence-electron chi connectivity index (χ2n) is 13.4. The molecule has 5 aromatic rings. The van der Waals surface area contributed by atoms with Gasteiger partial charge in [-0.15, -0.1) is 0 Å². The number of nitrogens with one attached hydrogen (secondary N) is 1. The third-order valence-electron chi connectivity index (χ3n) is 10.4. The van der Waals surface area contributed by atoms with Crippen molar-refractivity contribution in [3.8, 4) is 22.3 Å². The number of hydrogen-bond acceptors (Lipinski definition) is 10. The number of rotatable bonds is 8. The molecule has 12 nitrogen and oxygen atoms in total. The number of hydrogen-bond donors (Lipinski definition) is 3. The van der Waals surface area contributed by atoms with E-state index >= 15 is 0 Å². The summed E-state index contributed by atoms with van der Waals surface area (Å²) in [5.41, 5.74) is 8.09. The fourth-order valence-corrected chi connectivity index (χ4v) is 7.80. The van der Waals surface area contributed by atoms with Gasteiger partial charge in [-0.2, -0.15) is 4.98 Å². The Balaban J connectivity index is 0.953. The van der Waals surface area contributed by atoms with E-state index < -0.39 is 48.9 Å². The summed E-state index contributed by atoms with van der Waals surface area (Å²) < 4.78 is 23.8. The van der Waals surface area contributed by atoms with Crippen molar-refractivity contribution in [3.05, 3.63) is 142 Å². The van der Waals surface area contributed by atoms with Crippen LogP contribution in [0.25, 0.3) is 22.3 Å². The van der Waals surface area contributed by atoms with Crippen LogP contribution in [0.3, 0.4) is 0 Å². The molecule has 4 aromatic carbocycles. The number of benzene rings is 4. The predicted molar refractivity (Wildman–Crippen MR) is 194 cm³/mol. The highest BCUT2D eigenvalue weighted by Crippen LogP contribution is 2.46. The lowest BCUT2D eigenvalue weighted by molar-refractivity contribution is -0.176. The minimum atomic E-state index is -1.50. The first-order valence-corrected chi connectivity index (χ1v) is 17.5. The highest BCUT2D eigenvalue weighted by Gasteiger charge is 2.44. The highest BCUT2D eigenvalue weighted by atomic mass is 16.7. The molecule has 1 aromatic heterocycles. The second-order valence-corrected chi connectivity index (χ2v) is 13.4. The van der Waals surface area contributed by atoms with Crippen LogP contribution in [-0.4, -0.2) is 76.8 Å². The average Bonchev–Trinajstić information content (AvgIpc) is 3.67. The molecule has 3 aliphatic rings. The Morgan fingerprint density at radius 1 is 0.811 bits per heavy atom. The van der Waals surface area contributed by atoms with Crippen molar-refractivity contribution < 1.29 is 38.7 Å². The molecule has 53 heavy (non-hydrogen) atoms. The maximum absolute atomic E-state index is 13.4. The Bertz CT molecular complexity index is 2160. The number of aliphatic hydroxyl groups is 2. The molecular formula is C41H37N3O9. The number of amides is 1. The predicted octanol–water partition coefficient (Wildman–Crippen LogP) is 5.54. The third-order valence-corrected chi connectivity index (χ3v) is 10.4.